The molecule has 1 aliphatic rings. The fraction of sp³-hybridized carbons (Fsp3) is 0.389. The van der Waals surface area contributed by atoms with E-state index in [1.165, 1.54) is 23.9 Å². The average molecular weight is 475 g/mol. The number of halogens is 1. The summed E-state index contributed by atoms with van der Waals surface area (Å²) in [6.07, 6.45) is 1.06. The summed E-state index contributed by atoms with van der Waals surface area (Å²) in [6.45, 7) is 0.168. The van der Waals surface area contributed by atoms with Crippen LogP contribution in [0.3, 0.4) is 0 Å². The van der Waals surface area contributed by atoms with E-state index in [2.05, 4.69) is 9.72 Å². The van der Waals surface area contributed by atoms with Crippen LogP contribution in [-0.2, 0) is 36.3 Å². The number of methoxy groups -OCH3 is 1. The number of rotatable bonds is 7. The van der Waals surface area contributed by atoms with Crippen molar-refractivity contribution in [2.75, 3.05) is 25.8 Å². The van der Waals surface area contributed by atoms with Gasteiger partial charge in [0.2, 0.25) is 0 Å². The Morgan fingerprint density at radius 1 is 1.35 bits per heavy atom. The lowest BCUT2D eigenvalue weighted by molar-refractivity contribution is -0.142. The molecule has 1 aromatic carbocycles. The molecular formula is C18H24ClN4O7P. The van der Waals surface area contributed by atoms with Crippen LogP contribution < -0.4 is 21.7 Å². The topological polar surface area (TPSA) is 158 Å². The molecule has 0 bridgehead atoms. The van der Waals surface area contributed by atoms with E-state index in [9.17, 15) is 14.2 Å². The summed E-state index contributed by atoms with van der Waals surface area (Å²) in [7, 11) is -2.23. The van der Waals surface area contributed by atoms with Crippen LogP contribution in [0.2, 0.25) is 0 Å². The highest BCUT2D eigenvalue weighted by molar-refractivity contribution is 7.54. The van der Waals surface area contributed by atoms with Crippen LogP contribution in [0.15, 0.2) is 41.3 Å². The number of aromatic nitrogens is 2. The Kier molecular flexibility index (Phi) is 8.60. The first-order valence-electron chi connectivity index (χ1n) is 9.08. The van der Waals surface area contributed by atoms with Gasteiger partial charge in [0.15, 0.2) is 6.35 Å². The molecule has 1 aromatic heterocycles. The van der Waals surface area contributed by atoms with Gasteiger partial charge < -0.3 is 25.5 Å². The molecule has 3 rings (SSSR count). The third kappa shape index (κ3) is 6.78. The van der Waals surface area contributed by atoms with Gasteiger partial charge in [0.1, 0.15) is 23.7 Å². The van der Waals surface area contributed by atoms with Crippen molar-refractivity contribution in [3.05, 3.63) is 52.6 Å². The lowest BCUT2D eigenvalue weighted by atomic mass is 10.1. The Bertz CT molecular complexity index is 989. The summed E-state index contributed by atoms with van der Waals surface area (Å²) in [6, 6.07) is 7.36. The van der Waals surface area contributed by atoms with Gasteiger partial charge in [-0.15, -0.1) is 12.4 Å². The second-order valence-corrected chi connectivity index (χ2v) is 8.60. The number of anilines is 1. The van der Waals surface area contributed by atoms with Crippen molar-refractivity contribution in [1.29, 1.82) is 0 Å². The summed E-state index contributed by atoms with van der Waals surface area (Å²) >= 11 is 0. The van der Waals surface area contributed by atoms with Gasteiger partial charge in [0.05, 0.1) is 20.3 Å². The predicted octanol–water partition coefficient (Wildman–Crippen LogP) is 0.935. The van der Waals surface area contributed by atoms with Crippen LogP contribution in [0.1, 0.15) is 5.56 Å². The normalized spacial score (nSPS) is 21.5. The van der Waals surface area contributed by atoms with Gasteiger partial charge in [0.25, 0.3) is 0 Å². The Balaban J connectivity index is 0.00000341. The molecule has 0 aliphatic carbocycles. The SMILES string of the molecule is COC(=O)[C@H](N)Cc1ccc(O[P@]2(=O)CO[C@@H](Cn3ccc(N)nc3=O)CO2)cc1.Cl. The second-order valence-electron chi connectivity index (χ2n) is 6.68. The minimum Gasteiger partial charge on any atom is -0.468 e. The number of nitrogen functional groups attached to an aromatic ring is 1. The molecule has 4 N–H and O–H groups in total. The van der Waals surface area contributed by atoms with Crippen molar-refractivity contribution >= 4 is 31.8 Å². The van der Waals surface area contributed by atoms with Gasteiger partial charge in [-0.05, 0) is 30.2 Å². The van der Waals surface area contributed by atoms with Crippen LogP contribution in [0.25, 0.3) is 0 Å². The molecule has 11 nitrogen and oxygen atoms in total. The number of nitrogens with zero attached hydrogens (tertiary/aromatic N) is 2. The average Bonchev–Trinajstić information content (AvgIpc) is 2.72. The number of carbonyl (C=O) groups is 1. The minimum absolute atomic E-state index is 0. The van der Waals surface area contributed by atoms with E-state index < -0.39 is 31.4 Å². The fourth-order valence-electron chi connectivity index (χ4n) is 2.77. The zero-order valence-electron chi connectivity index (χ0n) is 16.7. The Morgan fingerprint density at radius 2 is 2.06 bits per heavy atom. The molecule has 3 atom stereocenters. The first-order chi connectivity index (χ1) is 14.3. The molecule has 31 heavy (non-hydrogen) atoms. The van der Waals surface area contributed by atoms with E-state index in [-0.39, 0.29) is 37.7 Å². The van der Waals surface area contributed by atoms with Crippen molar-refractivity contribution in [3.8, 4) is 5.75 Å². The number of ether oxygens (including phenoxy) is 2. The molecule has 0 amide bonds. The van der Waals surface area contributed by atoms with Gasteiger partial charge in [-0.1, -0.05) is 12.1 Å². The van der Waals surface area contributed by atoms with Gasteiger partial charge in [-0.2, -0.15) is 4.98 Å². The van der Waals surface area contributed by atoms with Crippen LogP contribution in [0.5, 0.6) is 5.75 Å². The molecule has 2 aromatic rings. The van der Waals surface area contributed by atoms with E-state index in [0.29, 0.717) is 12.2 Å². The fourth-order valence-corrected chi connectivity index (χ4v) is 4.18. The summed E-state index contributed by atoms with van der Waals surface area (Å²) < 4.78 is 35.2. The smallest absolute Gasteiger partial charge is 0.404 e. The molecule has 0 unspecified atom stereocenters. The van der Waals surface area contributed by atoms with E-state index in [0.717, 1.165) is 5.56 Å². The van der Waals surface area contributed by atoms with E-state index in [1.807, 2.05) is 0 Å². The maximum atomic E-state index is 12.8. The Hall–Kier alpha value is -2.43. The molecule has 1 aliphatic heterocycles. The predicted molar refractivity (Wildman–Crippen MR) is 114 cm³/mol. The third-order valence-electron chi connectivity index (χ3n) is 4.35. The minimum atomic E-state index is -3.50. The zero-order chi connectivity index (χ0) is 21.7. The second kappa shape index (κ2) is 10.7. The molecular weight excluding hydrogens is 451 g/mol. The summed E-state index contributed by atoms with van der Waals surface area (Å²) in [4.78, 5) is 26.8. The third-order valence-corrected chi connectivity index (χ3v) is 5.85. The number of hydrogen-bond donors (Lipinski definition) is 2. The monoisotopic (exact) mass is 474 g/mol. The van der Waals surface area contributed by atoms with Gasteiger partial charge in [0, 0.05) is 6.20 Å². The van der Waals surface area contributed by atoms with E-state index >= 15 is 0 Å². The molecule has 170 valence electrons. The van der Waals surface area contributed by atoms with Gasteiger partial charge >= 0.3 is 19.3 Å². The van der Waals surface area contributed by atoms with Gasteiger partial charge in [-0.25, -0.2) is 9.36 Å². The van der Waals surface area contributed by atoms with Crippen molar-refractivity contribution in [2.24, 2.45) is 5.73 Å². The number of hydrogen-bond acceptors (Lipinski definition) is 10. The molecule has 0 spiro atoms. The van der Waals surface area contributed by atoms with Crippen molar-refractivity contribution in [1.82, 2.24) is 9.55 Å². The number of esters is 1. The van der Waals surface area contributed by atoms with Crippen molar-refractivity contribution in [2.45, 2.75) is 25.1 Å². The zero-order valence-corrected chi connectivity index (χ0v) is 18.4. The standard InChI is InChI=1S/C18H23N4O7P.ClH/c1-26-17(23)15(19)8-12-2-4-13(5-3-12)29-30(25)11-27-14(10-28-30)9-22-7-6-16(20)21-18(22)24;/h2-7,14-15H,8-11,19H2,1H3,(H2,20,21,24);1H/t14-,15+,30-;/m0./s1. The molecule has 1 saturated heterocycles. The molecule has 0 saturated carbocycles. The van der Waals surface area contributed by atoms with Crippen LogP contribution in [0.4, 0.5) is 5.82 Å². The van der Waals surface area contributed by atoms with Crippen LogP contribution in [0, 0.1) is 0 Å². The molecule has 2 heterocycles. The van der Waals surface area contributed by atoms with E-state index in [4.69, 9.17) is 25.3 Å². The first kappa shape index (κ1) is 24.8. The highest BCUT2D eigenvalue weighted by atomic mass is 35.5. The van der Waals surface area contributed by atoms with Crippen LogP contribution in [-0.4, -0.2) is 47.7 Å². The lowest BCUT2D eigenvalue weighted by Crippen LogP contribution is -2.35. The van der Waals surface area contributed by atoms with Gasteiger partial charge in [-0.3, -0.25) is 13.9 Å². The highest BCUT2D eigenvalue weighted by Crippen LogP contribution is 2.50. The maximum absolute atomic E-state index is 12.8. The maximum Gasteiger partial charge on any atom is 0.404 e. The van der Waals surface area contributed by atoms with Crippen molar-refractivity contribution in [3.63, 3.8) is 0 Å². The Morgan fingerprint density at radius 3 is 2.65 bits per heavy atom. The summed E-state index contributed by atoms with van der Waals surface area (Å²) in [5.41, 5.74) is 11.5. The lowest BCUT2D eigenvalue weighted by Gasteiger charge is -2.29. The largest absolute Gasteiger partial charge is 0.468 e. The number of nitrogens with two attached hydrogens (primary N) is 2. The molecule has 0 radical (unpaired) electrons. The van der Waals surface area contributed by atoms with Crippen LogP contribution >= 0.6 is 20.0 Å². The highest BCUT2D eigenvalue weighted by Gasteiger charge is 2.34. The summed E-state index contributed by atoms with van der Waals surface area (Å²) in [5.74, 6) is -0.0397. The molecule has 1 fully saturated rings. The Labute approximate surface area is 184 Å². The van der Waals surface area contributed by atoms with E-state index in [1.54, 1.807) is 24.3 Å². The number of benzene rings is 1. The number of carbonyl (C=O) groups excluding carboxylic acids is 1. The first-order valence-corrected chi connectivity index (χ1v) is 10.8. The quantitative estimate of drug-likeness (QED) is 0.436. The summed E-state index contributed by atoms with van der Waals surface area (Å²) in [5, 5.41) is 0. The van der Waals surface area contributed by atoms with Crippen molar-refractivity contribution < 1.29 is 27.9 Å². The molecule has 13 heteroatoms.